The van der Waals surface area contributed by atoms with Crippen molar-refractivity contribution in [3.8, 4) is 0 Å². The van der Waals surface area contributed by atoms with Gasteiger partial charge < -0.3 is 20.7 Å². The molecule has 9 heteroatoms. The van der Waals surface area contributed by atoms with Crippen LogP contribution in [0.1, 0.15) is 18.2 Å². The molecule has 8 nitrogen and oxygen atoms in total. The largest absolute Gasteiger partial charge is 0.394 e. The first-order valence-electron chi connectivity index (χ1n) is 8.27. The summed E-state index contributed by atoms with van der Waals surface area (Å²) in [5.74, 6) is 0.900. The summed E-state index contributed by atoms with van der Waals surface area (Å²) in [6.07, 6.45) is 0.181. The number of ether oxygens (including phenoxy) is 1. The maximum absolute atomic E-state index is 9.97. The van der Waals surface area contributed by atoms with E-state index in [1.165, 1.54) is 5.56 Å². The molecule has 136 valence electrons. The Bertz CT molecular complexity index is 904. The fourth-order valence-corrected chi connectivity index (χ4v) is 3.93. The molecule has 0 amide bonds. The third-order valence-electron chi connectivity index (χ3n) is 4.32. The zero-order valence-electron chi connectivity index (χ0n) is 13.9. The van der Waals surface area contributed by atoms with Gasteiger partial charge in [0, 0.05) is 12.2 Å². The molecule has 1 aliphatic heterocycles. The highest BCUT2D eigenvalue weighted by atomic mass is 32.2. The van der Waals surface area contributed by atoms with Gasteiger partial charge >= 0.3 is 0 Å². The molecule has 4 rings (SSSR count). The van der Waals surface area contributed by atoms with Crippen LogP contribution in [-0.2, 0) is 10.5 Å². The van der Waals surface area contributed by atoms with Crippen molar-refractivity contribution in [3.05, 3.63) is 42.2 Å². The fourth-order valence-electron chi connectivity index (χ4n) is 2.99. The zero-order chi connectivity index (χ0) is 18.1. The molecule has 4 N–H and O–H groups in total. The van der Waals surface area contributed by atoms with Gasteiger partial charge in [0.2, 0.25) is 5.95 Å². The Balaban J connectivity index is 1.63. The topological polar surface area (TPSA) is 119 Å². The maximum atomic E-state index is 9.97. The summed E-state index contributed by atoms with van der Waals surface area (Å²) in [4.78, 5) is 13.1. The zero-order valence-corrected chi connectivity index (χ0v) is 14.7. The lowest BCUT2D eigenvalue weighted by Crippen LogP contribution is -2.24. The minimum absolute atomic E-state index is 0.159. The lowest BCUT2D eigenvalue weighted by atomic mass is 10.2. The molecule has 0 aliphatic carbocycles. The molecule has 1 aromatic carbocycles. The number of fused-ring (bicyclic) bond motifs is 1. The van der Waals surface area contributed by atoms with Crippen LogP contribution in [0.4, 0.5) is 5.95 Å². The summed E-state index contributed by atoms with van der Waals surface area (Å²) in [5.41, 5.74) is 8.27. The van der Waals surface area contributed by atoms with Gasteiger partial charge in [0.1, 0.15) is 22.9 Å². The molecule has 0 radical (unpaired) electrons. The van der Waals surface area contributed by atoms with Crippen LogP contribution in [0.2, 0.25) is 0 Å². The first-order chi connectivity index (χ1) is 12.7. The highest BCUT2D eigenvalue weighted by molar-refractivity contribution is 7.98. The maximum Gasteiger partial charge on any atom is 0.223 e. The molecule has 0 saturated carbocycles. The number of nitrogens with two attached hydrogens (primary N) is 1. The molecule has 2 aromatic heterocycles. The van der Waals surface area contributed by atoms with Crippen LogP contribution in [0.15, 0.2) is 41.7 Å². The van der Waals surface area contributed by atoms with Gasteiger partial charge in [0.15, 0.2) is 5.65 Å². The van der Waals surface area contributed by atoms with Crippen LogP contribution < -0.4 is 5.73 Å². The van der Waals surface area contributed by atoms with E-state index >= 15 is 0 Å². The fraction of sp³-hybridized carbons (Fsp3) is 0.353. The second-order valence-electron chi connectivity index (χ2n) is 6.10. The lowest BCUT2D eigenvalue weighted by Gasteiger charge is -2.13. The highest BCUT2D eigenvalue weighted by Gasteiger charge is 2.35. The number of hydrogen-bond acceptors (Lipinski definition) is 8. The Hall–Kier alpha value is -2.20. The van der Waals surface area contributed by atoms with Crippen molar-refractivity contribution >= 4 is 28.9 Å². The van der Waals surface area contributed by atoms with E-state index < -0.39 is 18.4 Å². The van der Waals surface area contributed by atoms with Crippen LogP contribution in [0, 0.1) is 0 Å². The van der Waals surface area contributed by atoms with Crippen molar-refractivity contribution in [1.29, 1.82) is 0 Å². The van der Waals surface area contributed by atoms with Crippen LogP contribution in [0.3, 0.4) is 0 Å². The van der Waals surface area contributed by atoms with Crippen molar-refractivity contribution in [2.45, 2.75) is 35.6 Å². The normalized spacial score (nSPS) is 22.9. The minimum Gasteiger partial charge on any atom is -0.394 e. The van der Waals surface area contributed by atoms with Gasteiger partial charge in [-0.3, -0.25) is 4.57 Å². The van der Waals surface area contributed by atoms with Crippen molar-refractivity contribution in [3.63, 3.8) is 0 Å². The average Bonchev–Trinajstić information content (AvgIpc) is 3.23. The quantitative estimate of drug-likeness (QED) is 0.453. The second kappa shape index (κ2) is 7.20. The van der Waals surface area contributed by atoms with Gasteiger partial charge in [-0.1, -0.05) is 42.1 Å². The second-order valence-corrected chi connectivity index (χ2v) is 7.06. The smallest absolute Gasteiger partial charge is 0.223 e. The number of thioether (sulfide) groups is 1. The number of imidazole rings is 1. The number of aliphatic hydroxyl groups excluding tert-OH is 2. The van der Waals surface area contributed by atoms with Crippen LogP contribution in [0.5, 0.6) is 0 Å². The van der Waals surface area contributed by atoms with E-state index in [1.54, 1.807) is 22.7 Å². The Kier molecular flexibility index (Phi) is 4.77. The molecule has 1 fully saturated rings. The first kappa shape index (κ1) is 17.2. The number of nitrogen functional groups attached to an aromatic ring is 1. The summed E-state index contributed by atoms with van der Waals surface area (Å²) in [7, 11) is 0. The number of benzene rings is 1. The van der Waals surface area contributed by atoms with Gasteiger partial charge in [0.25, 0.3) is 0 Å². The predicted octanol–water partition coefficient (Wildman–Crippen LogP) is 1.34. The van der Waals surface area contributed by atoms with Gasteiger partial charge in [0.05, 0.1) is 19.0 Å². The van der Waals surface area contributed by atoms with Crippen LogP contribution in [0.25, 0.3) is 11.2 Å². The SMILES string of the molecule is Nc1nc(SCc2ccccc2)c2ncn([C@H]3C[C@@H](O)[C@H](CO)O3)c2n1. The molecule has 3 aromatic rings. The molecule has 0 spiro atoms. The summed E-state index contributed by atoms with van der Waals surface area (Å²) in [6.45, 7) is -0.237. The van der Waals surface area contributed by atoms with Crippen molar-refractivity contribution in [2.24, 2.45) is 0 Å². The first-order valence-corrected chi connectivity index (χ1v) is 9.25. The standard InChI is InChI=1S/C17H19N5O3S/c18-17-20-15-14(16(21-17)26-8-10-4-2-1-3-5-10)19-9-22(15)13-6-11(24)12(7-23)25-13/h1-5,9,11-13,23-24H,6-8H2,(H2,18,20,21)/t11-,12+,13-/m1/s1. The summed E-state index contributed by atoms with van der Waals surface area (Å²) < 4.78 is 7.43. The number of aliphatic hydroxyl groups is 2. The van der Waals surface area contributed by atoms with Crippen molar-refractivity contribution in [2.75, 3.05) is 12.3 Å². The Labute approximate surface area is 154 Å². The number of hydrogen-bond donors (Lipinski definition) is 3. The number of aromatic nitrogens is 4. The van der Waals surface area contributed by atoms with Crippen molar-refractivity contribution < 1.29 is 14.9 Å². The van der Waals surface area contributed by atoms with E-state index in [9.17, 15) is 10.2 Å². The van der Waals surface area contributed by atoms with E-state index in [0.29, 0.717) is 22.6 Å². The molecule has 0 bridgehead atoms. The Morgan fingerprint density at radius 2 is 2.08 bits per heavy atom. The monoisotopic (exact) mass is 373 g/mol. The van der Waals surface area contributed by atoms with Crippen LogP contribution in [-0.4, -0.2) is 48.5 Å². The number of nitrogens with zero attached hydrogens (tertiary/aromatic N) is 4. The Morgan fingerprint density at radius 1 is 1.27 bits per heavy atom. The van der Waals surface area contributed by atoms with E-state index in [1.807, 2.05) is 18.2 Å². The summed E-state index contributed by atoms with van der Waals surface area (Å²) >= 11 is 1.54. The molecular formula is C17H19N5O3S. The van der Waals surface area contributed by atoms with Crippen molar-refractivity contribution in [1.82, 2.24) is 19.5 Å². The molecule has 0 unspecified atom stereocenters. The summed E-state index contributed by atoms with van der Waals surface area (Å²) in [5, 5.41) is 19.9. The molecule has 26 heavy (non-hydrogen) atoms. The molecule has 3 atom stereocenters. The van der Waals surface area contributed by atoms with E-state index in [2.05, 4.69) is 27.1 Å². The lowest BCUT2D eigenvalue weighted by molar-refractivity contribution is -0.0432. The van der Waals surface area contributed by atoms with Crippen LogP contribution >= 0.6 is 11.8 Å². The number of anilines is 1. The molecular weight excluding hydrogens is 354 g/mol. The van der Waals surface area contributed by atoms with Gasteiger partial charge in [-0.15, -0.1) is 0 Å². The average molecular weight is 373 g/mol. The van der Waals surface area contributed by atoms with E-state index in [0.717, 1.165) is 5.75 Å². The highest BCUT2D eigenvalue weighted by Crippen LogP contribution is 2.33. The molecule has 1 aliphatic rings. The van der Waals surface area contributed by atoms with Gasteiger partial charge in [-0.2, -0.15) is 4.98 Å². The molecule has 1 saturated heterocycles. The Morgan fingerprint density at radius 3 is 2.81 bits per heavy atom. The number of rotatable bonds is 5. The minimum atomic E-state index is -0.728. The van der Waals surface area contributed by atoms with Gasteiger partial charge in [-0.25, -0.2) is 9.97 Å². The molecule has 3 heterocycles. The third kappa shape index (κ3) is 3.26. The van der Waals surface area contributed by atoms with E-state index in [-0.39, 0.29) is 12.6 Å². The summed E-state index contributed by atoms with van der Waals surface area (Å²) in [6, 6.07) is 10.1. The van der Waals surface area contributed by atoms with E-state index in [4.69, 9.17) is 10.5 Å². The predicted molar refractivity (Wildman–Crippen MR) is 97.4 cm³/mol. The third-order valence-corrected chi connectivity index (χ3v) is 5.36. The van der Waals surface area contributed by atoms with Gasteiger partial charge in [-0.05, 0) is 5.56 Å².